The van der Waals surface area contributed by atoms with Gasteiger partial charge in [-0.3, -0.25) is 29.0 Å². The van der Waals surface area contributed by atoms with Crippen LogP contribution in [-0.4, -0.2) is 66.6 Å². The molecular formula is C28H49N7O5. The van der Waals surface area contributed by atoms with Gasteiger partial charge in [-0.25, -0.2) is 0 Å². The Morgan fingerprint density at radius 1 is 0.975 bits per heavy atom. The van der Waals surface area contributed by atoms with Crippen LogP contribution in [-0.2, 0) is 24.0 Å². The van der Waals surface area contributed by atoms with E-state index in [0.717, 1.165) is 32.1 Å². The minimum atomic E-state index is -1.16. The molecule has 0 aromatic rings. The van der Waals surface area contributed by atoms with E-state index in [1.54, 1.807) is 27.7 Å². The number of rotatable bonds is 9. The van der Waals surface area contributed by atoms with Crippen molar-refractivity contribution in [2.24, 2.45) is 33.7 Å². The van der Waals surface area contributed by atoms with Crippen molar-refractivity contribution in [1.82, 2.24) is 21.3 Å². The third kappa shape index (κ3) is 9.78. The van der Waals surface area contributed by atoms with Gasteiger partial charge in [0.05, 0.1) is 5.41 Å². The average Bonchev–Trinajstić information content (AvgIpc) is 2.91. The summed E-state index contributed by atoms with van der Waals surface area (Å²) in [6, 6.07) is -2.60. The molecule has 2 rings (SSSR count). The van der Waals surface area contributed by atoms with Crippen molar-refractivity contribution in [3.8, 4) is 0 Å². The third-order valence-electron chi connectivity index (χ3n) is 8.04. The number of nitrogens with one attached hydrogen (secondary N) is 4. The largest absolute Gasteiger partial charge is 0.370 e. The topological polar surface area (TPSA) is 198 Å². The normalized spacial score (nSPS) is 27.6. The van der Waals surface area contributed by atoms with E-state index < -0.39 is 41.3 Å². The van der Waals surface area contributed by atoms with Crippen LogP contribution in [0, 0.1) is 17.3 Å². The Bertz CT molecular complexity index is 943. The zero-order chi connectivity index (χ0) is 29.9. The van der Waals surface area contributed by atoms with Gasteiger partial charge < -0.3 is 32.7 Å². The fourth-order valence-corrected chi connectivity index (χ4v) is 5.29. The van der Waals surface area contributed by atoms with Gasteiger partial charge in [-0.05, 0) is 44.4 Å². The standard InChI is InChI=1S/C28H49N7O5/c1-5-19-23(37)35-22(18-10-7-6-8-11-18)25(39)31-15-13-28(4,16-21(36)17(2)3)26(40)34-20(24(38)33-19)12-9-14-32-27(29)30/h17-20,22H,5-16H2,1-4H3,(H,31,39)(H,33,38)(H,34,40)(H,35,37)(H4,29,30,32)/t19-,20-,22+,28-/m0/s1. The summed E-state index contributed by atoms with van der Waals surface area (Å²) in [5, 5.41) is 11.4. The van der Waals surface area contributed by atoms with Crippen LogP contribution in [0.2, 0.25) is 0 Å². The summed E-state index contributed by atoms with van der Waals surface area (Å²) in [4.78, 5) is 70.4. The quantitative estimate of drug-likeness (QED) is 0.134. The van der Waals surface area contributed by atoms with Crippen molar-refractivity contribution in [3.05, 3.63) is 0 Å². The number of aliphatic imine (C=N–C) groups is 1. The summed E-state index contributed by atoms with van der Waals surface area (Å²) in [5.74, 6) is -2.18. The second-order valence-electron chi connectivity index (χ2n) is 11.7. The van der Waals surface area contributed by atoms with Crippen molar-refractivity contribution in [3.63, 3.8) is 0 Å². The number of amides is 4. The number of nitrogens with zero attached hydrogens (tertiary/aromatic N) is 1. The van der Waals surface area contributed by atoms with E-state index in [2.05, 4.69) is 26.3 Å². The molecule has 0 spiro atoms. The van der Waals surface area contributed by atoms with Gasteiger partial charge in [0.1, 0.15) is 23.9 Å². The second-order valence-corrected chi connectivity index (χ2v) is 11.7. The minimum absolute atomic E-state index is 0.0145. The van der Waals surface area contributed by atoms with Gasteiger partial charge in [-0.2, -0.15) is 0 Å². The molecule has 4 atom stereocenters. The third-order valence-corrected chi connectivity index (χ3v) is 8.04. The maximum absolute atomic E-state index is 13.7. The first-order valence-electron chi connectivity index (χ1n) is 14.7. The zero-order valence-electron chi connectivity index (χ0n) is 24.5. The maximum atomic E-state index is 13.7. The Kier molecular flexibility index (Phi) is 12.9. The van der Waals surface area contributed by atoms with Crippen molar-refractivity contribution in [2.75, 3.05) is 13.1 Å². The van der Waals surface area contributed by atoms with Crippen molar-refractivity contribution < 1.29 is 24.0 Å². The van der Waals surface area contributed by atoms with Gasteiger partial charge in [0.15, 0.2) is 5.96 Å². The maximum Gasteiger partial charge on any atom is 0.243 e. The van der Waals surface area contributed by atoms with Gasteiger partial charge in [-0.15, -0.1) is 0 Å². The van der Waals surface area contributed by atoms with Gasteiger partial charge in [0.2, 0.25) is 23.6 Å². The molecule has 2 fully saturated rings. The number of hydrogen-bond acceptors (Lipinski definition) is 6. The summed E-state index contributed by atoms with van der Waals surface area (Å²) >= 11 is 0. The van der Waals surface area contributed by atoms with Crippen molar-refractivity contribution in [2.45, 2.75) is 110 Å². The molecular weight excluding hydrogens is 514 g/mol. The molecule has 40 heavy (non-hydrogen) atoms. The molecule has 0 aromatic carbocycles. The van der Waals surface area contributed by atoms with E-state index in [1.165, 1.54) is 0 Å². The van der Waals surface area contributed by atoms with Crippen LogP contribution in [0.3, 0.4) is 0 Å². The highest BCUT2D eigenvalue weighted by atomic mass is 16.2. The van der Waals surface area contributed by atoms with Crippen LogP contribution >= 0.6 is 0 Å². The molecule has 1 saturated heterocycles. The highest BCUT2D eigenvalue weighted by Gasteiger charge is 2.40. The summed E-state index contributed by atoms with van der Waals surface area (Å²) in [5.41, 5.74) is 9.66. The first kappa shape index (κ1) is 33.0. The highest BCUT2D eigenvalue weighted by Crippen LogP contribution is 2.30. The predicted octanol–water partition coefficient (Wildman–Crippen LogP) is 0.626. The Morgan fingerprint density at radius 2 is 1.62 bits per heavy atom. The lowest BCUT2D eigenvalue weighted by atomic mass is 9.78. The highest BCUT2D eigenvalue weighted by molar-refractivity contribution is 5.96. The molecule has 12 heteroatoms. The van der Waals surface area contributed by atoms with E-state index in [4.69, 9.17) is 11.5 Å². The van der Waals surface area contributed by atoms with E-state index in [0.29, 0.717) is 12.8 Å². The lowest BCUT2D eigenvalue weighted by Crippen LogP contribution is -2.59. The first-order valence-corrected chi connectivity index (χ1v) is 14.7. The molecule has 8 N–H and O–H groups in total. The summed E-state index contributed by atoms with van der Waals surface area (Å²) in [6.07, 6.45) is 5.78. The van der Waals surface area contributed by atoms with Crippen molar-refractivity contribution in [1.29, 1.82) is 0 Å². The lowest BCUT2D eigenvalue weighted by Gasteiger charge is -2.34. The second kappa shape index (κ2) is 15.6. The minimum Gasteiger partial charge on any atom is -0.370 e. The van der Waals surface area contributed by atoms with Crippen LogP contribution in [0.15, 0.2) is 4.99 Å². The Labute approximate surface area is 237 Å². The molecule has 0 radical (unpaired) electrons. The van der Waals surface area contributed by atoms with E-state index in [9.17, 15) is 24.0 Å². The zero-order valence-corrected chi connectivity index (χ0v) is 24.5. The summed E-state index contributed by atoms with van der Waals surface area (Å²) < 4.78 is 0. The summed E-state index contributed by atoms with van der Waals surface area (Å²) in [7, 11) is 0. The molecule has 1 saturated carbocycles. The first-order chi connectivity index (χ1) is 18.9. The smallest absolute Gasteiger partial charge is 0.243 e. The SMILES string of the molecule is CC[C@@H]1NC(=O)[C@H](CCCN=C(N)N)NC(=O)[C@](C)(CC(=O)C(C)C)CCNC(=O)[C@@H](C2CCCCC2)NC1=O. The van der Waals surface area contributed by atoms with Crippen LogP contribution in [0.4, 0.5) is 0 Å². The Balaban J connectivity index is 2.40. The molecule has 0 aromatic heterocycles. The lowest BCUT2D eigenvalue weighted by molar-refractivity contribution is -0.140. The molecule has 4 amide bonds. The van der Waals surface area contributed by atoms with Gasteiger partial charge in [0.25, 0.3) is 0 Å². The van der Waals surface area contributed by atoms with E-state index in [1.807, 2.05) is 0 Å². The number of Topliss-reactive ketones (excluding diaryl/α,β-unsaturated/α-hetero) is 1. The number of ketones is 1. The molecule has 1 heterocycles. The fraction of sp³-hybridized carbons (Fsp3) is 0.786. The fourth-order valence-electron chi connectivity index (χ4n) is 5.29. The molecule has 226 valence electrons. The van der Waals surface area contributed by atoms with Gasteiger partial charge >= 0.3 is 0 Å². The molecule has 0 bridgehead atoms. The van der Waals surface area contributed by atoms with Crippen LogP contribution in [0.1, 0.15) is 91.9 Å². The molecule has 1 aliphatic carbocycles. The van der Waals surface area contributed by atoms with Crippen LogP contribution < -0.4 is 32.7 Å². The van der Waals surface area contributed by atoms with E-state index >= 15 is 0 Å². The van der Waals surface area contributed by atoms with Crippen LogP contribution in [0.5, 0.6) is 0 Å². The van der Waals surface area contributed by atoms with Crippen LogP contribution in [0.25, 0.3) is 0 Å². The predicted molar refractivity (Wildman–Crippen MR) is 153 cm³/mol. The van der Waals surface area contributed by atoms with Gasteiger partial charge in [0, 0.05) is 25.4 Å². The molecule has 12 nitrogen and oxygen atoms in total. The van der Waals surface area contributed by atoms with E-state index in [-0.39, 0.29) is 61.8 Å². The number of guanidine groups is 1. The Hall–Kier alpha value is -3.18. The monoisotopic (exact) mass is 563 g/mol. The number of carbonyl (C=O) groups excluding carboxylic acids is 5. The number of nitrogens with two attached hydrogens (primary N) is 2. The summed E-state index contributed by atoms with van der Waals surface area (Å²) in [6.45, 7) is 7.41. The molecule has 0 unspecified atom stereocenters. The Morgan fingerprint density at radius 3 is 2.23 bits per heavy atom. The number of hydrogen-bond donors (Lipinski definition) is 6. The van der Waals surface area contributed by atoms with Gasteiger partial charge in [-0.1, -0.05) is 47.0 Å². The molecule has 2 aliphatic rings. The molecule has 1 aliphatic heterocycles. The number of carbonyl (C=O) groups is 5. The average molecular weight is 564 g/mol. The van der Waals surface area contributed by atoms with Crippen molar-refractivity contribution >= 4 is 35.4 Å².